The van der Waals surface area contributed by atoms with Crippen LogP contribution >= 0.6 is 0 Å². The van der Waals surface area contributed by atoms with Crippen LogP contribution in [0.3, 0.4) is 0 Å². The third kappa shape index (κ3) is 8.72. The Morgan fingerprint density at radius 3 is 2.45 bits per heavy atom. The van der Waals surface area contributed by atoms with Gasteiger partial charge in [-0.3, -0.25) is 29.0 Å². The van der Waals surface area contributed by atoms with E-state index in [0.29, 0.717) is 28.3 Å². The van der Waals surface area contributed by atoms with Crippen LogP contribution in [0.15, 0.2) is 63.0 Å². The summed E-state index contributed by atoms with van der Waals surface area (Å²) in [6.07, 6.45) is 3.59. The van der Waals surface area contributed by atoms with Gasteiger partial charge in [-0.15, -0.1) is 0 Å². The number of hydrogen-bond acceptors (Lipinski definition) is 17. The van der Waals surface area contributed by atoms with E-state index in [0.717, 1.165) is 56.3 Å². The van der Waals surface area contributed by atoms with Crippen LogP contribution in [0.4, 0.5) is 0 Å². The number of fused-ring (bicyclic) bond motifs is 10. The van der Waals surface area contributed by atoms with Crippen LogP contribution in [0.5, 0.6) is 17.2 Å². The largest absolute Gasteiger partial charge is 0.507 e. The first-order valence-electron chi connectivity index (χ1n) is 27.6. The van der Waals surface area contributed by atoms with Crippen LogP contribution in [-0.4, -0.2) is 121 Å². The fourth-order valence-corrected chi connectivity index (χ4v) is 13.3. The maximum atomic E-state index is 14.6. The van der Waals surface area contributed by atoms with E-state index >= 15 is 0 Å². The van der Waals surface area contributed by atoms with Crippen molar-refractivity contribution in [1.82, 2.24) is 20.7 Å². The number of nitrogens with two attached hydrogens (primary N) is 1. The number of carbonyl (C=O) groups is 5. The number of aliphatic hydroxyl groups is 2. The number of methoxy groups -OCH3 is 2. The number of carbonyl (C=O) groups excluding carboxylic acids is 5. The summed E-state index contributed by atoms with van der Waals surface area (Å²) in [6, 6.07) is 3.23. The van der Waals surface area contributed by atoms with Crippen molar-refractivity contribution in [3.05, 3.63) is 131 Å². The Balaban J connectivity index is 0.932. The lowest BCUT2D eigenvalue weighted by molar-refractivity contribution is -0.245. The Hall–Kier alpha value is -8.01. The molecule has 8 bridgehead atoms. The van der Waals surface area contributed by atoms with Crippen LogP contribution in [-0.2, 0) is 41.4 Å². The molecule has 1 saturated heterocycles. The zero-order valence-electron chi connectivity index (χ0n) is 47.1. The fourth-order valence-electron chi connectivity index (χ4n) is 13.3. The SMILES string of the molecule is C=Cc1c2[nH]c(c1C)/C=C1\N=C(C3=C4NC(/C=c5\[nH]/c(c(C)c5CC)=C\2)C(C)=C4C(=O)C3C(=O)OC)[C@@H](CCC(=O)N/N=C(\C)[C@@]2(O)Cc3c(O)c4c(c(O)c3[C@H](O[C@@H]3C[C@H](N)[C@H](O)[C@H](C)O3)C2)C(=O)c2c(OC)cccc2C4=O)[C@H]1C. The molecule has 11 rings (SSSR count). The normalized spacial score (nSPS) is 28.7. The van der Waals surface area contributed by atoms with Gasteiger partial charge in [0, 0.05) is 105 Å². The lowest BCUT2D eigenvalue weighted by Crippen LogP contribution is -2.52. The number of nitrogens with zero attached hydrogens (tertiary/aromatic N) is 2. The number of phenolic OH excluding ortho intramolecular Hbond substituents is 2. The van der Waals surface area contributed by atoms with Crippen LogP contribution < -0.4 is 31.9 Å². The number of aromatic nitrogens is 2. The van der Waals surface area contributed by atoms with Crippen molar-refractivity contribution < 1.29 is 63.3 Å². The third-order valence-electron chi connectivity index (χ3n) is 18.0. The maximum Gasteiger partial charge on any atom is 0.321 e. The lowest BCUT2D eigenvalue weighted by Gasteiger charge is -2.42. The van der Waals surface area contributed by atoms with Gasteiger partial charge in [0.2, 0.25) is 11.7 Å². The van der Waals surface area contributed by atoms with Crippen molar-refractivity contribution >= 4 is 65.0 Å². The Morgan fingerprint density at radius 1 is 1.01 bits per heavy atom. The van der Waals surface area contributed by atoms with Gasteiger partial charge in [0.1, 0.15) is 28.8 Å². The van der Waals surface area contributed by atoms with Crippen LogP contribution in [0.25, 0.3) is 24.3 Å². The summed E-state index contributed by atoms with van der Waals surface area (Å²) in [5.74, 6) is -6.69. The van der Waals surface area contributed by atoms with Gasteiger partial charge in [-0.2, -0.15) is 5.10 Å². The number of esters is 1. The first-order chi connectivity index (χ1) is 39.0. The van der Waals surface area contributed by atoms with E-state index in [2.05, 4.69) is 58.4 Å². The van der Waals surface area contributed by atoms with Gasteiger partial charge in [-0.05, 0) is 94.0 Å². The highest BCUT2D eigenvalue weighted by atomic mass is 16.7. The number of rotatable bonds is 11. The number of aliphatic hydroxyl groups excluding tert-OH is 1. The number of amides is 1. The average molecular weight is 1120 g/mol. The van der Waals surface area contributed by atoms with E-state index in [1.165, 1.54) is 39.3 Å². The average Bonchev–Trinajstić information content (AvgIpc) is 1.51. The highest BCUT2D eigenvalue weighted by Gasteiger charge is 2.53. The van der Waals surface area contributed by atoms with Crippen molar-refractivity contribution in [2.45, 2.75) is 129 Å². The van der Waals surface area contributed by atoms with Gasteiger partial charge in [0.25, 0.3) is 0 Å². The van der Waals surface area contributed by atoms with E-state index in [4.69, 9.17) is 29.7 Å². The highest BCUT2D eigenvalue weighted by Crippen LogP contribution is 2.53. The molecule has 6 heterocycles. The summed E-state index contributed by atoms with van der Waals surface area (Å²) < 4.78 is 23.2. The van der Waals surface area contributed by atoms with E-state index in [-0.39, 0.29) is 65.3 Å². The second-order valence-corrected chi connectivity index (χ2v) is 22.5. The quantitative estimate of drug-likeness (QED) is 0.0290. The predicted octanol–water partition coefficient (Wildman–Crippen LogP) is 4.48. The Morgan fingerprint density at radius 2 is 1.76 bits per heavy atom. The fraction of sp³-hybridized carbons (Fsp3) is 0.403. The number of H-pyrrole nitrogens is 2. The minimum atomic E-state index is -2.04. The molecule has 2 unspecified atom stereocenters. The van der Waals surface area contributed by atoms with E-state index in [9.17, 15) is 44.4 Å². The number of benzene rings is 2. The van der Waals surface area contributed by atoms with Crippen LogP contribution in [0, 0.1) is 31.6 Å². The number of aromatic hydroxyl groups is 2. The zero-order chi connectivity index (χ0) is 58.7. The molecule has 20 heteroatoms. The summed E-state index contributed by atoms with van der Waals surface area (Å²) in [5.41, 5.74) is 14.3. The Labute approximate surface area is 472 Å². The van der Waals surface area contributed by atoms with E-state index in [1.54, 1.807) is 6.92 Å². The summed E-state index contributed by atoms with van der Waals surface area (Å²) in [4.78, 5) is 83.7. The minimum Gasteiger partial charge on any atom is -0.507 e. The molecule has 4 aliphatic heterocycles. The summed E-state index contributed by atoms with van der Waals surface area (Å²) >= 11 is 0. The second-order valence-electron chi connectivity index (χ2n) is 22.5. The molecule has 1 fully saturated rings. The molecule has 20 nitrogen and oxygen atoms in total. The number of allylic oxidation sites excluding steroid dienone is 2. The zero-order valence-corrected chi connectivity index (χ0v) is 47.1. The van der Waals surface area contributed by atoms with Crippen molar-refractivity contribution in [3.8, 4) is 17.2 Å². The topological polar surface area (TPSA) is 310 Å². The van der Waals surface area contributed by atoms with Gasteiger partial charge in [-0.1, -0.05) is 38.6 Å². The monoisotopic (exact) mass is 1120 g/mol. The number of ether oxygens (including phenoxy) is 4. The van der Waals surface area contributed by atoms with Gasteiger partial charge in [0.15, 0.2) is 17.9 Å². The molecule has 82 heavy (non-hydrogen) atoms. The van der Waals surface area contributed by atoms with Crippen LogP contribution in [0.1, 0.15) is 143 Å². The first-order valence-corrected chi connectivity index (χ1v) is 27.6. The molecule has 7 aliphatic rings. The highest BCUT2D eigenvalue weighted by molar-refractivity contribution is 6.31. The van der Waals surface area contributed by atoms with Gasteiger partial charge in [0.05, 0.1) is 72.4 Å². The Kier molecular flexibility index (Phi) is 14.1. The van der Waals surface area contributed by atoms with E-state index < -0.39 is 112 Å². The van der Waals surface area contributed by atoms with Gasteiger partial charge in [-0.25, -0.2) is 5.43 Å². The molecular weight excluding hydrogens is 1050 g/mol. The number of aromatic amines is 2. The predicted molar refractivity (Wildman–Crippen MR) is 303 cm³/mol. The first kappa shape index (κ1) is 55.9. The van der Waals surface area contributed by atoms with Gasteiger partial charge >= 0.3 is 5.97 Å². The standard InChI is InChI=1S/C62H67N7O13/c1-11-30-24(3)36-19-38-26(5)32(53(66-38)49-52(61(77)80-10)58(74)46-27(6)39(67-54(46)49)21-41-31(12-2)25(4)37(65-41)20-40(30)64-36)16-17-44(70)69-68-29(8)62(78)22-34-48(43(23-62)82-45-18-35(63)55(71)28(7)81-45)60(76)51-50(57(34)73)56(72)33-14-13-15-42(79-9)47(33)59(51)75/h11,13-15,19-21,26,28,32,35,39,43,45,52,55,64-65,67,71,73,76,78H,1,12,16-18,22-23,63H2,2-10H3,(H,69,70)/b37-20-,38-19-,41-21-,68-29+/t26-,28+,32+,35+,39?,43-,45-,52?,55-,62-/m1/s1. The number of hydrogen-bond donors (Lipinski definition) is 9. The smallest absolute Gasteiger partial charge is 0.321 e. The molecule has 0 radical (unpaired) electrons. The molecule has 428 valence electrons. The van der Waals surface area contributed by atoms with Crippen molar-refractivity contribution in [2.75, 3.05) is 14.2 Å². The van der Waals surface area contributed by atoms with E-state index in [1.807, 2.05) is 32.9 Å². The number of nitrogens with one attached hydrogen (secondary N) is 4. The molecule has 0 saturated carbocycles. The lowest BCUT2D eigenvalue weighted by atomic mass is 9.71. The summed E-state index contributed by atoms with van der Waals surface area (Å²) in [5, 5.41) is 57.4. The molecule has 10 atom stereocenters. The maximum absolute atomic E-state index is 14.6. The number of aliphatic imine (C=N–C) groups is 1. The van der Waals surface area contributed by atoms with Crippen molar-refractivity contribution in [2.24, 2.45) is 33.6 Å². The molecule has 3 aliphatic carbocycles. The molecule has 2 aromatic carbocycles. The molecule has 10 N–H and O–H groups in total. The van der Waals surface area contributed by atoms with Crippen LogP contribution in [0.2, 0.25) is 0 Å². The summed E-state index contributed by atoms with van der Waals surface area (Å²) in [6.45, 7) is 17.3. The minimum absolute atomic E-state index is 0.0108. The second kappa shape index (κ2) is 20.8. The van der Waals surface area contributed by atoms with Crippen molar-refractivity contribution in [1.29, 1.82) is 0 Å². The number of ketones is 3. The molecule has 1 amide bonds. The number of hydrazone groups is 1. The van der Waals surface area contributed by atoms with Gasteiger partial charge < -0.3 is 60.4 Å². The number of Topliss-reactive ketones (excluding diaryl/α,β-unsaturated/α-hetero) is 1. The molecule has 0 spiro atoms. The molecule has 2 aromatic heterocycles. The number of phenols is 2. The van der Waals surface area contributed by atoms with Crippen molar-refractivity contribution in [3.63, 3.8) is 0 Å². The molecular formula is C62H67N7O13. The third-order valence-corrected chi connectivity index (χ3v) is 18.0. The summed E-state index contributed by atoms with van der Waals surface area (Å²) in [7, 11) is 2.58. The molecule has 4 aromatic rings. The Bertz CT molecular complexity index is 3810.